The number of halogens is 1. The first kappa shape index (κ1) is 16.4. The maximum atomic E-state index is 13.0. The predicted molar refractivity (Wildman–Crippen MR) is 79.2 cm³/mol. The van der Waals surface area contributed by atoms with Crippen LogP contribution in [0, 0.1) is 11.7 Å². The van der Waals surface area contributed by atoms with E-state index in [1.807, 2.05) is 6.92 Å². The third-order valence-electron chi connectivity index (χ3n) is 3.97. The Morgan fingerprint density at radius 2 is 2.09 bits per heavy atom. The molecule has 1 aromatic rings. The minimum Gasteiger partial charge on any atom is -0.378 e. The van der Waals surface area contributed by atoms with E-state index in [0.29, 0.717) is 25.0 Å². The molecule has 1 heterocycles. The number of nitrogens with one attached hydrogen (secondary N) is 1. The van der Waals surface area contributed by atoms with Crippen LogP contribution in [0.1, 0.15) is 37.8 Å². The number of primary amides is 1. The number of amides is 2. The summed E-state index contributed by atoms with van der Waals surface area (Å²) >= 11 is 0. The molecule has 2 rings (SSSR count). The Hall–Kier alpha value is -1.95. The molecule has 0 spiro atoms. The van der Waals surface area contributed by atoms with Crippen molar-refractivity contribution in [2.75, 3.05) is 6.61 Å². The Morgan fingerprint density at radius 1 is 1.41 bits per heavy atom. The van der Waals surface area contributed by atoms with Gasteiger partial charge >= 0.3 is 0 Å². The van der Waals surface area contributed by atoms with Crippen LogP contribution in [0.25, 0.3) is 0 Å². The summed E-state index contributed by atoms with van der Waals surface area (Å²) in [5.41, 5.74) is 5.84. The smallest absolute Gasteiger partial charge is 0.244 e. The molecule has 3 N–H and O–H groups in total. The molecule has 0 aromatic heterocycles. The lowest BCUT2D eigenvalue weighted by atomic mass is 9.93. The van der Waals surface area contributed by atoms with Gasteiger partial charge in [-0.2, -0.15) is 0 Å². The van der Waals surface area contributed by atoms with Crippen molar-refractivity contribution < 1.29 is 18.7 Å². The van der Waals surface area contributed by atoms with Crippen LogP contribution in [0.2, 0.25) is 0 Å². The van der Waals surface area contributed by atoms with Gasteiger partial charge in [0.25, 0.3) is 0 Å². The molecule has 0 radical (unpaired) electrons. The molecular weight excluding hydrogens is 287 g/mol. The van der Waals surface area contributed by atoms with Crippen molar-refractivity contribution in [2.24, 2.45) is 11.7 Å². The molecule has 22 heavy (non-hydrogen) atoms. The van der Waals surface area contributed by atoms with Crippen molar-refractivity contribution in [3.05, 3.63) is 35.6 Å². The fraction of sp³-hybridized carbons (Fsp3) is 0.500. The molecule has 0 unspecified atom stereocenters. The molecule has 0 bridgehead atoms. The zero-order valence-corrected chi connectivity index (χ0v) is 12.5. The van der Waals surface area contributed by atoms with Gasteiger partial charge in [-0.25, -0.2) is 4.39 Å². The first-order valence-electron chi connectivity index (χ1n) is 7.48. The zero-order chi connectivity index (χ0) is 16.1. The van der Waals surface area contributed by atoms with E-state index in [1.165, 1.54) is 24.3 Å². The van der Waals surface area contributed by atoms with Gasteiger partial charge in [0.15, 0.2) is 0 Å². The monoisotopic (exact) mass is 308 g/mol. The number of ether oxygens (including phenoxy) is 1. The van der Waals surface area contributed by atoms with E-state index in [4.69, 9.17) is 10.5 Å². The zero-order valence-electron chi connectivity index (χ0n) is 12.5. The number of benzene rings is 1. The van der Waals surface area contributed by atoms with Gasteiger partial charge in [-0.3, -0.25) is 9.59 Å². The lowest BCUT2D eigenvalue weighted by Gasteiger charge is -2.29. The van der Waals surface area contributed by atoms with E-state index in [9.17, 15) is 14.0 Å². The van der Waals surface area contributed by atoms with Crippen molar-refractivity contribution in [3.63, 3.8) is 0 Å². The van der Waals surface area contributed by atoms with Crippen LogP contribution in [0.5, 0.6) is 0 Å². The fourth-order valence-electron chi connectivity index (χ4n) is 2.64. The Bertz CT molecular complexity index is 533. The summed E-state index contributed by atoms with van der Waals surface area (Å²) in [5.74, 6) is -1.48. The van der Waals surface area contributed by atoms with Crippen LogP contribution in [0.3, 0.4) is 0 Å². The summed E-state index contributed by atoms with van der Waals surface area (Å²) in [6, 6.07) is 4.42. The molecule has 1 fully saturated rings. The van der Waals surface area contributed by atoms with E-state index in [0.717, 1.165) is 6.42 Å². The van der Waals surface area contributed by atoms with E-state index >= 15 is 0 Å². The Morgan fingerprint density at radius 3 is 2.68 bits per heavy atom. The van der Waals surface area contributed by atoms with Crippen LogP contribution in [-0.2, 0) is 14.3 Å². The summed E-state index contributed by atoms with van der Waals surface area (Å²) in [7, 11) is 0. The highest BCUT2D eigenvalue weighted by Crippen LogP contribution is 2.23. The van der Waals surface area contributed by atoms with Crippen LogP contribution in [0.15, 0.2) is 24.3 Å². The molecule has 0 saturated carbocycles. The maximum Gasteiger partial charge on any atom is 0.244 e. The van der Waals surface area contributed by atoms with Gasteiger partial charge in [-0.15, -0.1) is 0 Å². The molecular formula is C16H21FN2O3. The quantitative estimate of drug-likeness (QED) is 0.868. The number of carbonyl (C=O) groups excluding carboxylic acids is 2. The molecule has 1 aliphatic heterocycles. The fourth-order valence-corrected chi connectivity index (χ4v) is 2.64. The summed E-state index contributed by atoms with van der Waals surface area (Å²) in [6.45, 7) is 2.55. The molecule has 5 nitrogen and oxygen atoms in total. The third kappa shape index (κ3) is 4.04. The van der Waals surface area contributed by atoms with E-state index < -0.39 is 17.8 Å². The second-order valence-electron chi connectivity index (χ2n) is 5.52. The molecule has 0 aliphatic carbocycles. The van der Waals surface area contributed by atoms with Crippen LogP contribution in [-0.4, -0.2) is 24.5 Å². The lowest BCUT2D eigenvalue weighted by molar-refractivity contribution is -0.133. The maximum absolute atomic E-state index is 13.0. The van der Waals surface area contributed by atoms with E-state index in [2.05, 4.69) is 5.32 Å². The van der Waals surface area contributed by atoms with Gasteiger partial charge in [0.1, 0.15) is 11.9 Å². The minimum absolute atomic E-state index is 0.0716. The molecule has 3 atom stereocenters. The average molecular weight is 308 g/mol. The van der Waals surface area contributed by atoms with E-state index in [1.54, 1.807) is 0 Å². The molecule has 1 saturated heterocycles. The number of hydrogen-bond donors (Lipinski definition) is 2. The van der Waals surface area contributed by atoms with Crippen LogP contribution < -0.4 is 11.1 Å². The molecule has 6 heteroatoms. The third-order valence-corrected chi connectivity index (χ3v) is 3.97. The second-order valence-corrected chi connectivity index (χ2v) is 5.52. The molecule has 2 amide bonds. The van der Waals surface area contributed by atoms with Crippen molar-refractivity contribution in [2.45, 2.75) is 38.3 Å². The Balaban J connectivity index is 2.06. The minimum atomic E-state index is -0.948. The van der Waals surface area contributed by atoms with Crippen molar-refractivity contribution >= 4 is 11.8 Å². The normalized spacial score (nSPS) is 22.8. The molecule has 120 valence electrons. The van der Waals surface area contributed by atoms with Gasteiger partial charge in [0, 0.05) is 12.5 Å². The largest absolute Gasteiger partial charge is 0.378 e. The highest BCUT2D eigenvalue weighted by molar-refractivity contribution is 5.88. The highest BCUT2D eigenvalue weighted by Gasteiger charge is 2.30. The van der Waals surface area contributed by atoms with Gasteiger partial charge in [-0.1, -0.05) is 19.1 Å². The van der Waals surface area contributed by atoms with Crippen molar-refractivity contribution in [3.8, 4) is 0 Å². The number of nitrogens with two attached hydrogens (primary N) is 1. The summed E-state index contributed by atoms with van der Waals surface area (Å²) in [4.78, 5) is 24.0. The van der Waals surface area contributed by atoms with Crippen molar-refractivity contribution in [1.82, 2.24) is 5.32 Å². The summed E-state index contributed by atoms with van der Waals surface area (Å²) in [5, 5.41) is 2.68. The average Bonchev–Trinajstić information content (AvgIpc) is 2.53. The topological polar surface area (TPSA) is 81.4 Å². The molecule has 1 aromatic carbocycles. The second kappa shape index (κ2) is 7.35. The number of rotatable bonds is 5. The summed E-state index contributed by atoms with van der Waals surface area (Å²) < 4.78 is 18.5. The van der Waals surface area contributed by atoms with Gasteiger partial charge < -0.3 is 15.8 Å². The highest BCUT2D eigenvalue weighted by atomic mass is 19.1. The van der Waals surface area contributed by atoms with Gasteiger partial charge in [0.05, 0.1) is 6.10 Å². The number of carbonyl (C=O) groups is 2. The van der Waals surface area contributed by atoms with Gasteiger partial charge in [0.2, 0.25) is 11.8 Å². The lowest BCUT2D eigenvalue weighted by Crippen LogP contribution is -2.43. The van der Waals surface area contributed by atoms with Crippen LogP contribution >= 0.6 is 0 Å². The first-order valence-corrected chi connectivity index (χ1v) is 7.48. The predicted octanol–water partition coefficient (Wildman–Crippen LogP) is 1.67. The first-order chi connectivity index (χ1) is 10.5. The SMILES string of the molecule is CC[C@@H]1C[C@@H](C(=O)N[C@@H](C(N)=O)c2ccc(F)cc2)CCO1. The van der Waals surface area contributed by atoms with Crippen molar-refractivity contribution in [1.29, 1.82) is 0 Å². The Kier molecular flexibility index (Phi) is 5.49. The number of hydrogen-bond acceptors (Lipinski definition) is 3. The Labute approximate surface area is 129 Å². The van der Waals surface area contributed by atoms with Crippen LogP contribution in [0.4, 0.5) is 4.39 Å². The van der Waals surface area contributed by atoms with Gasteiger partial charge in [-0.05, 0) is 37.0 Å². The van der Waals surface area contributed by atoms with E-state index in [-0.39, 0.29) is 17.9 Å². The summed E-state index contributed by atoms with van der Waals surface area (Å²) in [6.07, 6.45) is 2.18. The standard InChI is InChI=1S/C16H21FN2O3/c1-2-13-9-11(7-8-22-13)16(21)19-14(15(18)20)10-3-5-12(17)6-4-10/h3-6,11,13-14H,2,7-9H2,1H3,(H2,18,20)(H,19,21)/t11-,13+,14+/m0/s1. The molecule has 1 aliphatic rings.